The molecule has 5 nitrogen and oxygen atoms in total. The molecule has 1 fully saturated rings. The lowest BCUT2D eigenvalue weighted by molar-refractivity contribution is 0.0532. The Hall–Kier alpha value is -1.41. The number of halogens is 1. The van der Waals surface area contributed by atoms with E-state index in [1.165, 1.54) is 0 Å². The summed E-state index contributed by atoms with van der Waals surface area (Å²) in [5.74, 6) is 0.675. The average Bonchev–Trinajstić information content (AvgIpc) is 3.17. The van der Waals surface area contributed by atoms with Crippen molar-refractivity contribution in [2.45, 2.75) is 6.10 Å². The minimum absolute atomic E-state index is 0.00392. The molecular weight excluding hydrogens is 404 g/mol. The van der Waals surface area contributed by atoms with Crippen LogP contribution in [-0.4, -0.2) is 60.6 Å². The Morgan fingerprint density at radius 2 is 2.08 bits per heavy atom. The van der Waals surface area contributed by atoms with Crippen LogP contribution in [0.2, 0.25) is 0 Å². The molecule has 0 aliphatic carbocycles. The maximum atomic E-state index is 12.8. The number of hydrogen-bond acceptors (Lipinski definition) is 5. The number of ether oxygens (including phenoxy) is 1. The molecule has 25 heavy (non-hydrogen) atoms. The van der Waals surface area contributed by atoms with Gasteiger partial charge in [-0.2, -0.15) is 0 Å². The van der Waals surface area contributed by atoms with Crippen LogP contribution in [0.5, 0.6) is 5.75 Å². The van der Waals surface area contributed by atoms with Gasteiger partial charge in [-0.3, -0.25) is 9.69 Å². The molecule has 2 aromatic rings. The molecule has 1 amide bonds. The van der Waals surface area contributed by atoms with Gasteiger partial charge in [0.1, 0.15) is 11.9 Å². The highest BCUT2D eigenvalue weighted by atomic mass is 79.9. The molecule has 1 saturated heterocycles. The Bertz CT molecular complexity index is 715. The van der Waals surface area contributed by atoms with Crippen LogP contribution in [0, 0.1) is 0 Å². The number of amides is 1. The number of carbonyl (C=O) groups excluding carboxylic acids is 1. The highest BCUT2D eigenvalue weighted by molar-refractivity contribution is 9.10. The minimum Gasteiger partial charge on any atom is -0.497 e. The van der Waals surface area contributed by atoms with Gasteiger partial charge < -0.3 is 14.7 Å². The van der Waals surface area contributed by atoms with Crippen LogP contribution < -0.4 is 4.74 Å². The fourth-order valence-corrected chi connectivity index (χ4v) is 4.03. The van der Waals surface area contributed by atoms with Crippen LogP contribution in [0.25, 0.3) is 0 Å². The van der Waals surface area contributed by atoms with E-state index in [2.05, 4.69) is 20.8 Å². The van der Waals surface area contributed by atoms with Gasteiger partial charge >= 0.3 is 0 Å². The number of piperazine rings is 1. The Balaban J connectivity index is 1.57. The summed E-state index contributed by atoms with van der Waals surface area (Å²) in [6.45, 7) is 3.43. The van der Waals surface area contributed by atoms with E-state index in [0.717, 1.165) is 22.4 Å². The monoisotopic (exact) mass is 424 g/mol. The van der Waals surface area contributed by atoms with E-state index in [9.17, 15) is 9.90 Å². The van der Waals surface area contributed by atoms with E-state index in [4.69, 9.17) is 4.74 Å². The zero-order valence-corrected chi connectivity index (χ0v) is 16.4. The van der Waals surface area contributed by atoms with Gasteiger partial charge in [-0.25, -0.2) is 0 Å². The SMILES string of the molecule is COc1ccc(Br)c(C(=O)N2CCN(CC(O)c3cccs3)CC2)c1. The molecule has 1 aliphatic heterocycles. The third-order valence-corrected chi connectivity index (χ3v) is 6.03. The Kier molecular flexibility index (Phi) is 6.11. The second-order valence-electron chi connectivity index (χ2n) is 5.97. The van der Waals surface area contributed by atoms with Crippen molar-refractivity contribution in [2.75, 3.05) is 39.8 Å². The molecule has 7 heteroatoms. The summed E-state index contributed by atoms with van der Waals surface area (Å²) in [5, 5.41) is 12.3. The molecule has 1 atom stereocenters. The lowest BCUT2D eigenvalue weighted by Gasteiger charge is -2.35. The maximum absolute atomic E-state index is 12.8. The first-order valence-corrected chi connectivity index (χ1v) is 9.82. The number of benzene rings is 1. The van der Waals surface area contributed by atoms with Gasteiger partial charge in [-0.1, -0.05) is 6.07 Å². The van der Waals surface area contributed by atoms with Gasteiger partial charge in [0.05, 0.1) is 12.7 Å². The number of rotatable bonds is 5. The molecule has 134 valence electrons. The molecule has 2 heterocycles. The number of thiophene rings is 1. The van der Waals surface area contributed by atoms with Crippen LogP contribution in [0.15, 0.2) is 40.2 Å². The molecule has 1 unspecified atom stereocenters. The Morgan fingerprint density at radius 1 is 1.32 bits per heavy atom. The highest BCUT2D eigenvalue weighted by Gasteiger charge is 2.25. The normalized spacial score (nSPS) is 16.7. The van der Waals surface area contributed by atoms with Gasteiger partial charge in [0.2, 0.25) is 0 Å². The van der Waals surface area contributed by atoms with Gasteiger partial charge in [0.25, 0.3) is 5.91 Å². The third kappa shape index (κ3) is 4.41. The second kappa shape index (κ2) is 8.31. The molecule has 1 aromatic heterocycles. The summed E-state index contributed by atoms with van der Waals surface area (Å²) < 4.78 is 5.99. The van der Waals surface area contributed by atoms with Crippen molar-refractivity contribution in [2.24, 2.45) is 0 Å². The van der Waals surface area contributed by atoms with Crippen molar-refractivity contribution in [3.8, 4) is 5.75 Å². The van der Waals surface area contributed by atoms with E-state index in [-0.39, 0.29) is 5.91 Å². The number of aliphatic hydroxyl groups is 1. The summed E-state index contributed by atoms with van der Waals surface area (Å²) in [6.07, 6.45) is -0.463. The fraction of sp³-hybridized carbons (Fsp3) is 0.389. The molecule has 1 N–H and O–H groups in total. The van der Waals surface area contributed by atoms with Gasteiger partial charge in [0.15, 0.2) is 0 Å². The number of nitrogens with zero attached hydrogens (tertiary/aromatic N) is 2. The van der Waals surface area contributed by atoms with Crippen molar-refractivity contribution < 1.29 is 14.6 Å². The van der Waals surface area contributed by atoms with Gasteiger partial charge in [0, 0.05) is 42.1 Å². The number of β-amino-alcohol motifs (C(OH)–C–C–N with tert-alkyl or cyclic N) is 1. The van der Waals surface area contributed by atoms with Crippen molar-refractivity contribution in [3.05, 3.63) is 50.6 Å². The first-order valence-electron chi connectivity index (χ1n) is 8.15. The molecule has 1 aromatic carbocycles. The molecule has 0 radical (unpaired) electrons. The van der Waals surface area contributed by atoms with Crippen LogP contribution in [0.4, 0.5) is 0 Å². The molecule has 0 saturated carbocycles. The van der Waals surface area contributed by atoms with Gasteiger partial charge in [-0.15, -0.1) is 11.3 Å². The van der Waals surface area contributed by atoms with E-state index in [0.29, 0.717) is 30.9 Å². The largest absolute Gasteiger partial charge is 0.497 e. The zero-order valence-electron chi connectivity index (χ0n) is 14.0. The number of carbonyl (C=O) groups is 1. The van der Waals surface area contributed by atoms with Crippen LogP contribution >= 0.6 is 27.3 Å². The summed E-state index contributed by atoms with van der Waals surface area (Å²) in [4.78, 5) is 17.8. The Morgan fingerprint density at radius 3 is 2.72 bits per heavy atom. The molecule has 1 aliphatic rings. The van der Waals surface area contributed by atoms with E-state index in [1.807, 2.05) is 34.5 Å². The quantitative estimate of drug-likeness (QED) is 0.801. The Labute approximate surface area is 159 Å². The van der Waals surface area contributed by atoms with E-state index < -0.39 is 6.10 Å². The van der Waals surface area contributed by atoms with Gasteiger partial charge in [-0.05, 0) is 45.6 Å². The lowest BCUT2D eigenvalue weighted by atomic mass is 10.1. The maximum Gasteiger partial charge on any atom is 0.255 e. The fourth-order valence-electron chi connectivity index (χ4n) is 2.91. The smallest absolute Gasteiger partial charge is 0.255 e. The van der Waals surface area contributed by atoms with E-state index in [1.54, 1.807) is 24.5 Å². The lowest BCUT2D eigenvalue weighted by Crippen LogP contribution is -2.49. The van der Waals surface area contributed by atoms with E-state index >= 15 is 0 Å². The second-order valence-corrected chi connectivity index (χ2v) is 7.80. The zero-order chi connectivity index (χ0) is 17.8. The summed E-state index contributed by atoms with van der Waals surface area (Å²) in [7, 11) is 1.59. The molecule has 0 bridgehead atoms. The first-order chi connectivity index (χ1) is 12.1. The van der Waals surface area contributed by atoms with Crippen molar-refractivity contribution >= 4 is 33.2 Å². The van der Waals surface area contributed by atoms with Crippen molar-refractivity contribution in [1.82, 2.24) is 9.80 Å². The number of aliphatic hydroxyl groups excluding tert-OH is 1. The summed E-state index contributed by atoms with van der Waals surface area (Å²) >= 11 is 5.02. The average molecular weight is 425 g/mol. The predicted octanol–water partition coefficient (Wildman–Crippen LogP) is 3.01. The van der Waals surface area contributed by atoms with Crippen molar-refractivity contribution in [1.29, 1.82) is 0 Å². The number of methoxy groups -OCH3 is 1. The molecule has 0 spiro atoms. The predicted molar refractivity (Wildman–Crippen MR) is 102 cm³/mol. The topological polar surface area (TPSA) is 53.0 Å². The summed E-state index contributed by atoms with van der Waals surface area (Å²) in [6, 6.07) is 9.32. The minimum atomic E-state index is -0.463. The molecule has 3 rings (SSSR count). The summed E-state index contributed by atoms with van der Waals surface area (Å²) in [5.41, 5.74) is 0.617. The third-order valence-electron chi connectivity index (χ3n) is 4.37. The number of hydrogen-bond donors (Lipinski definition) is 1. The van der Waals surface area contributed by atoms with Crippen LogP contribution in [-0.2, 0) is 0 Å². The highest BCUT2D eigenvalue weighted by Crippen LogP contribution is 2.25. The van der Waals surface area contributed by atoms with Crippen LogP contribution in [0.1, 0.15) is 21.3 Å². The first kappa shape index (κ1) is 18.4. The van der Waals surface area contributed by atoms with Crippen molar-refractivity contribution in [3.63, 3.8) is 0 Å². The standard InChI is InChI=1S/C18H21BrN2O3S/c1-24-13-4-5-15(19)14(11-13)18(23)21-8-6-20(7-9-21)12-16(22)17-3-2-10-25-17/h2-5,10-11,16,22H,6-9,12H2,1H3. The van der Waals surface area contributed by atoms with Crippen LogP contribution in [0.3, 0.4) is 0 Å². The molecular formula is C18H21BrN2O3S.